The number of aryl methyl sites for hydroxylation is 1. The molecule has 228 valence electrons. The number of hydrogen-bond acceptors (Lipinski definition) is 5. The van der Waals surface area contributed by atoms with E-state index in [1.54, 1.807) is 24.0 Å². The average molecular weight is 637 g/mol. The number of nitrogens with zero attached hydrogens (tertiary/aromatic N) is 2. The molecule has 1 aliphatic rings. The minimum absolute atomic E-state index is 0. The number of halogens is 2. The Kier molecular flexibility index (Phi) is 12.4. The van der Waals surface area contributed by atoms with Gasteiger partial charge in [-0.2, -0.15) is 4.72 Å². The number of likely N-dealkylation sites (tertiary alicyclic amines) is 1. The van der Waals surface area contributed by atoms with E-state index >= 15 is 0 Å². The Morgan fingerprint density at radius 3 is 2.43 bits per heavy atom. The van der Waals surface area contributed by atoms with Gasteiger partial charge in [-0.25, -0.2) is 13.4 Å². The lowest BCUT2D eigenvalue weighted by Gasteiger charge is -2.34. The van der Waals surface area contributed by atoms with Gasteiger partial charge in [-0.3, -0.25) is 9.59 Å². The van der Waals surface area contributed by atoms with Crippen LogP contribution in [0.2, 0.25) is 5.15 Å². The van der Waals surface area contributed by atoms with Crippen LogP contribution in [0.5, 0.6) is 0 Å². The Morgan fingerprint density at radius 1 is 1.10 bits per heavy atom. The van der Waals surface area contributed by atoms with E-state index in [-0.39, 0.29) is 47.6 Å². The van der Waals surface area contributed by atoms with Gasteiger partial charge < -0.3 is 15.2 Å². The number of sulfonamides is 1. The van der Waals surface area contributed by atoms with Gasteiger partial charge in [0.1, 0.15) is 16.1 Å². The predicted octanol–water partition coefficient (Wildman–Crippen LogP) is 5.82. The molecule has 2 amide bonds. The Balaban J connectivity index is 0.00000484. The van der Waals surface area contributed by atoms with Crippen molar-refractivity contribution in [3.8, 4) is 11.1 Å². The van der Waals surface area contributed by atoms with Gasteiger partial charge in [0.15, 0.2) is 0 Å². The van der Waals surface area contributed by atoms with Crippen LogP contribution in [-0.2, 0) is 26.0 Å². The lowest BCUT2D eigenvalue weighted by Crippen LogP contribution is -2.50. The number of carbonyl (C=O) groups excluding carboxylic acids is 2. The van der Waals surface area contributed by atoms with Crippen molar-refractivity contribution in [2.45, 2.75) is 69.7 Å². The number of aromatic amines is 1. The second-order valence-electron chi connectivity index (χ2n) is 10.4. The summed E-state index contributed by atoms with van der Waals surface area (Å²) in [4.78, 5) is 34.9. The molecule has 42 heavy (non-hydrogen) atoms. The highest BCUT2D eigenvalue weighted by Crippen LogP contribution is 2.34. The lowest BCUT2D eigenvalue weighted by atomic mass is 9.94. The molecule has 0 radical (unpaired) electrons. The van der Waals surface area contributed by atoms with Crippen molar-refractivity contribution in [3.63, 3.8) is 0 Å². The molecular weight excluding hydrogens is 597 g/mol. The van der Waals surface area contributed by atoms with Crippen molar-refractivity contribution >= 4 is 51.5 Å². The van der Waals surface area contributed by atoms with Crippen LogP contribution >= 0.6 is 24.0 Å². The van der Waals surface area contributed by atoms with Gasteiger partial charge in [0.25, 0.3) is 0 Å². The molecule has 1 fully saturated rings. The fraction of sp³-hybridized carbons (Fsp3) is 0.433. The molecule has 0 spiro atoms. The van der Waals surface area contributed by atoms with Gasteiger partial charge in [-0.1, -0.05) is 74.3 Å². The standard InChI is InChI=1S/C30H38ClN5O4S.ClH/c1-3-21-16-18-36(19-17-21)30(38)25(14-9-13-24-29(31)33-20-32-24)35-41(39,40)26-15-8-12-23(22-10-6-5-7-11-22)28(26)34-27(37)4-2;/h5-8,10-12,15,20-21,25,35H,3-4,9,13-14,16-19H2,1-2H3,(H,32,33)(H,34,37);1H/t25-;/m0./s1. The summed E-state index contributed by atoms with van der Waals surface area (Å²) < 4.78 is 30.7. The Morgan fingerprint density at radius 2 is 1.81 bits per heavy atom. The molecule has 2 aromatic carbocycles. The molecule has 12 heteroatoms. The summed E-state index contributed by atoms with van der Waals surface area (Å²) in [5.41, 5.74) is 2.27. The van der Waals surface area contributed by atoms with Crippen LogP contribution < -0.4 is 10.0 Å². The number of benzene rings is 2. The van der Waals surface area contributed by atoms with Crippen molar-refractivity contribution in [2.75, 3.05) is 18.4 Å². The molecule has 0 saturated carbocycles. The minimum Gasteiger partial charge on any atom is -0.347 e. The maximum Gasteiger partial charge on any atom is 0.243 e. The van der Waals surface area contributed by atoms with Gasteiger partial charge in [-0.15, -0.1) is 12.4 Å². The third kappa shape index (κ3) is 8.34. The highest BCUT2D eigenvalue weighted by Gasteiger charge is 2.33. The average Bonchev–Trinajstić information content (AvgIpc) is 3.40. The third-order valence-corrected chi connectivity index (χ3v) is 9.51. The number of piperidine rings is 1. The van der Waals surface area contributed by atoms with E-state index in [0.29, 0.717) is 42.6 Å². The number of H-pyrrole nitrogens is 1. The Labute approximate surface area is 259 Å². The fourth-order valence-electron chi connectivity index (χ4n) is 5.20. The van der Waals surface area contributed by atoms with Crippen LogP contribution in [0.4, 0.5) is 5.69 Å². The van der Waals surface area contributed by atoms with Crippen LogP contribution in [0.15, 0.2) is 59.8 Å². The normalized spacial score (nSPS) is 14.7. The summed E-state index contributed by atoms with van der Waals surface area (Å²) in [6.07, 6.45) is 5.85. The third-order valence-electron chi connectivity index (χ3n) is 7.67. The Bertz CT molecular complexity index is 1440. The Hall–Kier alpha value is -2.92. The van der Waals surface area contributed by atoms with Crippen LogP contribution in [0.25, 0.3) is 11.1 Å². The topological polar surface area (TPSA) is 124 Å². The quantitative estimate of drug-likeness (QED) is 0.231. The molecule has 3 aromatic rings. The number of para-hydroxylation sites is 1. The van der Waals surface area contributed by atoms with Crippen LogP contribution in [0, 0.1) is 5.92 Å². The summed E-state index contributed by atoms with van der Waals surface area (Å²) in [7, 11) is -4.22. The SMILES string of the molecule is CCC(=O)Nc1c(-c2ccccc2)cccc1S(=O)(=O)N[C@@H](CCCc1[nH]cnc1Cl)C(=O)N1CCC(CC)CC1.Cl. The van der Waals surface area contributed by atoms with Gasteiger partial charge in [-0.05, 0) is 49.7 Å². The molecule has 0 unspecified atom stereocenters. The van der Waals surface area contributed by atoms with Gasteiger partial charge >= 0.3 is 0 Å². The molecule has 3 N–H and O–H groups in total. The number of rotatable bonds is 12. The molecular formula is C30H39Cl2N5O4S. The van der Waals surface area contributed by atoms with E-state index in [1.165, 1.54) is 12.4 Å². The summed E-state index contributed by atoms with van der Waals surface area (Å²) in [5, 5.41) is 3.16. The zero-order valence-corrected chi connectivity index (χ0v) is 26.3. The first kappa shape index (κ1) is 33.6. The van der Waals surface area contributed by atoms with Gasteiger partial charge in [0.05, 0.1) is 17.7 Å². The number of carbonyl (C=O) groups is 2. The molecule has 1 saturated heterocycles. The van der Waals surface area contributed by atoms with Crippen molar-refractivity contribution in [3.05, 3.63) is 65.7 Å². The predicted molar refractivity (Wildman–Crippen MR) is 168 cm³/mol. The molecule has 0 aliphatic carbocycles. The fourth-order valence-corrected chi connectivity index (χ4v) is 6.80. The maximum absolute atomic E-state index is 14.0. The first-order chi connectivity index (χ1) is 19.7. The molecule has 1 aliphatic heterocycles. The van der Waals surface area contributed by atoms with E-state index in [2.05, 4.69) is 26.9 Å². The molecule has 2 heterocycles. The summed E-state index contributed by atoms with van der Waals surface area (Å²) >= 11 is 6.13. The van der Waals surface area contributed by atoms with E-state index in [4.69, 9.17) is 11.6 Å². The second-order valence-corrected chi connectivity index (χ2v) is 12.4. The van der Waals surface area contributed by atoms with E-state index in [0.717, 1.165) is 30.5 Å². The summed E-state index contributed by atoms with van der Waals surface area (Å²) in [6, 6.07) is 13.2. The van der Waals surface area contributed by atoms with Crippen molar-refractivity contribution in [1.29, 1.82) is 0 Å². The van der Waals surface area contributed by atoms with Gasteiger partial charge in [0.2, 0.25) is 21.8 Å². The monoisotopic (exact) mass is 635 g/mol. The van der Waals surface area contributed by atoms with E-state index in [9.17, 15) is 18.0 Å². The van der Waals surface area contributed by atoms with E-state index in [1.807, 2.05) is 30.3 Å². The minimum atomic E-state index is -4.22. The smallest absolute Gasteiger partial charge is 0.243 e. The highest BCUT2D eigenvalue weighted by molar-refractivity contribution is 7.89. The van der Waals surface area contributed by atoms with Crippen LogP contribution in [0.3, 0.4) is 0 Å². The largest absolute Gasteiger partial charge is 0.347 e. The van der Waals surface area contributed by atoms with Crippen molar-refractivity contribution in [2.24, 2.45) is 5.92 Å². The van der Waals surface area contributed by atoms with Crippen molar-refractivity contribution in [1.82, 2.24) is 19.6 Å². The van der Waals surface area contributed by atoms with Crippen LogP contribution in [-0.4, -0.2) is 54.2 Å². The highest BCUT2D eigenvalue weighted by atomic mass is 35.5. The first-order valence-electron chi connectivity index (χ1n) is 14.2. The van der Waals surface area contributed by atoms with E-state index < -0.39 is 16.1 Å². The van der Waals surface area contributed by atoms with Crippen LogP contribution in [0.1, 0.15) is 58.1 Å². The molecule has 4 rings (SSSR count). The zero-order chi connectivity index (χ0) is 29.4. The molecule has 0 bridgehead atoms. The summed E-state index contributed by atoms with van der Waals surface area (Å²) in [5.74, 6) is 0.0204. The molecule has 9 nitrogen and oxygen atoms in total. The summed E-state index contributed by atoms with van der Waals surface area (Å²) in [6.45, 7) is 5.06. The van der Waals surface area contributed by atoms with Gasteiger partial charge in [0, 0.05) is 25.1 Å². The first-order valence-corrected chi connectivity index (χ1v) is 16.1. The number of imidazole rings is 1. The number of nitrogens with one attached hydrogen (secondary N) is 3. The zero-order valence-electron chi connectivity index (χ0n) is 23.9. The number of amides is 2. The lowest BCUT2D eigenvalue weighted by molar-refractivity contribution is -0.134. The molecule has 1 aromatic heterocycles. The maximum atomic E-state index is 14.0. The molecule has 1 atom stereocenters. The van der Waals surface area contributed by atoms with Crippen molar-refractivity contribution < 1.29 is 18.0 Å². The second kappa shape index (κ2) is 15.5. The number of anilines is 1. The number of aromatic nitrogens is 2. The number of hydrogen-bond donors (Lipinski definition) is 3.